The van der Waals surface area contributed by atoms with Crippen molar-refractivity contribution >= 4 is 28.3 Å². The van der Waals surface area contributed by atoms with Gasteiger partial charge in [0, 0.05) is 29.5 Å². The van der Waals surface area contributed by atoms with Gasteiger partial charge in [-0.1, -0.05) is 42.5 Å². The number of benzene rings is 3. The Bertz CT molecular complexity index is 1320. The first-order valence-electron chi connectivity index (χ1n) is 10.4. The van der Waals surface area contributed by atoms with Crippen LogP contribution in [0.2, 0.25) is 0 Å². The van der Waals surface area contributed by atoms with Gasteiger partial charge in [0.15, 0.2) is 5.13 Å². The molecule has 33 heavy (non-hydrogen) atoms. The number of ether oxygens (including phenoxy) is 1. The first-order valence-corrected chi connectivity index (χ1v) is 11.3. The average molecular weight is 459 g/mol. The van der Waals surface area contributed by atoms with Gasteiger partial charge in [-0.15, -0.1) is 11.3 Å². The molecule has 0 radical (unpaired) electrons. The standard InChI is InChI=1S/C26H19FN2O3S/c27-20-9-6-16(7-10-20)12-21-15-28-26(33-21)29-24(30)18-8-11-22-19(13-18)14-23(32-25(22)31)17-4-2-1-3-5-17/h1-11,13,15,23H,12,14H2,(H,28,29,30). The normalized spacial score (nSPS) is 14.9. The highest BCUT2D eigenvalue weighted by Gasteiger charge is 2.28. The smallest absolute Gasteiger partial charge is 0.339 e. The monoisotopic (exact) mass is 458 g/mol. The lowest BCUT2D eigenvalue weighted by atomic mass is 9.93. The molecule has 0 aliphatic carbocycles. The Morgan fingerprint density at radius 2 is 1.88 bits per heavy atom. The molecule has 0 bridgehead atoms. The summed E-state index contributed by atoms with van der Waals surface area (Å²) in [5.41, 5.74) is 3.60. The number of carbonyl (C=O) groups excluding carboxylic acids is 2. The zero-order valence-corrected chi connectivity index (χ0v) is 18.3. The SMILES string of the molecule is O=C(Nc1ncc(Cc2ccc(F)cc2)s1)c1ccc2c(c1)CC(c1ccccc1)OC2=O. The molecule has 164 valence electrons. The van der Waals surface area contributed by atoms with E-state index in [4.69, 9.17) is 4.74 Å². The number of carbonyl (C=O) groups is 2. The number of thiazole rings is 1. The Morgan fingerprint density at radius 3 is 2.67 bits per heavy atom. The number of halogens is 1. The van der Waals surface area contributed by atoms with E-state index in [1.165, 1.54) is 23.5 Å². The number of esters is 1. The fourth-order valence-corrected chi connectivity index (χ4v) is 4.65. The summed E-state index contributed by atoms with van der Waals surface area (Å²) >= 11 is 1.37. The third kappa shape index (κ3) is 4.68. The van der Waals surface area contributed by atoms with Crippen LogP contribution in [-0.4, -0.2) is 16.9 Å². The molecule has 1 amide bonds. The molecule has 0 saturated carbocycles. The van der Waals surface area contributed by atoms with Crippen LogP contribution in [0.25, 0.3) is 0 Å². The summed E-state index contributed by atoms with van der Waals surface area (Å²) in [5, 5.41) is 3.31. The summed E-state index contributed by atoms with van der Waals surface area (Å²) in [4.78, 5) is 30.5. The Labute approximate surface area is 193 Å². The number of nitrogens with zero attached hydrogens (tertiary/aromatic N) is 1. The number of hydrogen-bond acceptors (Lipinski definition) is 5. The number of aromatic nitrogens is 1. The van der Waals surface area contributed by atoms with Gasteiger partial charge in [-0.05, 0) is 47.0 Å². The van der Waals surface area contributed by atoms with E-state index in [0.717, 1.165) is 21.6 Å². The van der Waals surface area contributed by atoms with Crippen molar-refractivity contribution in [1.82, 2.24) is 4.98 Å². The van der Waals surface area contributed by atoms with Crippen molar-refractivity contribution < 1.29 is 18.7 Å². The van der Waals surface area contributed by atoms with Gasteiger partial charge in [-0.3, -0.25) is 10.1 Å². The number of anilines is 1. The predicted octanol–water partition coefficient (Wildman–Crippen LogP) is 5.58. The fraction of sp³-hybridized carbons (Fsp3) is 0.115. The summed E-state index contributed by atoms with van der Waals surface area (Å²) in [6.45, 7) is 0. The molecule has 5 nitrogen and oxygen atoms in total. The first-order chi connectivity index (χ1) is 16.0. The van der Waals surface area contributed by atoms with Crippen molar-refractivity contribution in [2.75, 3.05) is 5.32 Å². The van der Waals surface area contributed by atoms with Crippen LogP contribution >= 0.6 is 11.3 Å². The minimum absolute atomic E-state index is 0.274. The summed E-state index contributed by atoms with van der Waals surface area (Å²) in [6, 6.07) is 20.9. The number of amides is 1. The van der Waals surface area contributed by atoms with E-state index in [-0.39, 0.29) is 23.8 Å². The zero-order valence-electron chi connectivity index (χ0n) is 17.5. The lowest BCUT2D eigenvalue weighted by Gasteiger charge is -2.25. The number of rotatable bonds is 5. The van der Waals surface area contributed by atoms with Crippen molar-refractivity contribution in [2.24, 2.45) is 0 Å². The zero-order chi connectivity index (χ0) is 22.8. The Balaban J connectivity index is 1.30. The van der Waals surface area contributed by atoms with Gasteiger partial charge >= 0.3 is 5.97 Å². The Hall–Kier alpha value is -3.84. The summed E-state index contributed by atoms with van der Waals surface area (Å²) < 4.78 is 18.7. The van der Waals surface area contributed by atoms with E-state index in [2.05, 4.69) is 10.3 Å². The maximum atomic E-state index is 13.1. The van der Waals surface area contributed by atoms with Gasteiger partial charge < -0.3 is 4.74 Å². The van der Waals surface area contributed by atoms with Gasteiger partial charge in [0.2, 0.25) is 0 Å². The molecule has 0 spiro atoms. The van der Waals surface area contributed by atoms with Crippen LogP contribution in [0, 0.1) is 5.82 Å². The average Bonchev–Trinajstić information content (AvgIpc) is 3.27. The van der Waals surface area contributed by atoms with Gasteiger partial charge in [-0.2, -0.15) is 0 Å². The molecule has 2 heterocycles. The van der Waals surface area contributed by atoms with E-state index in [0.29, 0.717) is 29.1 Å². The molecule has 7 heteroatoms. The molecule has 1 atom stereocenters. The molecule has 0 fully saturated rings. The third-order valence-corrected chi connectivity index (χ3v) is 6.39. The first kappa shape index (κ1) is 21.0. The molecule has 3 aromatic carbocycles. The minimum Gasteiger partial charge on any atom is -0.454 e. The van der Waals surface area contributed by atoms with Crippen LogP contribution in [0.3, 0.4) is 0 Å². The van der Waals surface area contributed by atoms with E-state index < -0.39 is 0 Å². The van der Waals surface area contributed by atoms with Crippen LogP contribution in [0.1, 0.15) is 48.4 Å². The summed E-state index contributed by atoms with van der Waals surface area (Å²) in [6.07, 6.45) is 2.44. The second-order valence-corrected chi connectivity index (χ2v) is 8.88. The van der Waals surface area contributed by atoms with Crippen molar-refractivity contribution in [2.45, 2.75) is 18.9 Å². The Kier molecular flexibility index (Phi) is 5.71. The molecular formula is C26H19FN2O3S. The van der Waals surface area contributed by atoms with Crippen molar-refractivity contribution in [3.05, 3.63) is 118 Å². The van der Waals surface area contributed by atoms with Crippen LogP contribution < -0.4 is 5.32 Å². The lowest BCUT2D eigenvalue weighted by molar-refractivity contribution is 0.0252. The molecule has 0 saturated heterocycles. The molecule has 1 aliphatic rings. The second-order valence-electron chi connectivity index (χ2n) is 7.77. The molecule has 1 N–H and O–H groups in total. The maximum Gasteiger partial charge on any atom is 0.339 e. The molecule has 4 aromatic rings. The highest BCUT2D eigenvalue weighted by Crippen LogP contribution is 2.31. The minimum atomic E-state index is -0.387. The number of fused-ring (bicyclic) bond motifs is 1. The van der Waals surface area contributed by atoms with E-state index in [1.807, 2.05) is 30.3 Å². The van der Waals surface area contributed by atoms with E-state index in [9.17, 15) is 14.0 Å². The van der Waals surface area contributed by atoms with Gasteiger partial charge in [0.25, 0.3) is 5.91 Å². The van der Waals surface area contributed by atoms with Crippen LogP contribution in [-0.2, 0) is 17.6 Å². The van der Waals surface area contributed by atoms with Crippen LogP contribution in [0.4, 0.5) is 9.52 Å². The lowest BCUT2D eigenvalue weighted by Crippen LogP contribution is -2.23. The molecule has 1 aliphatic heterocycles. The van der Waals surface area contributed by atoms with E-state index in [1.54, 1.807) is 36.5 Å². The highest BCUT2D eigenvalue weighted by molar-refractivity contribution is 7.15. The molecule has 5 rings (SSSR count). The third-order valence-electron chi connectivity index (χ3n) is 5.48. The maximum absolute atomic E-state index is 13.1. The second kappa shape index (κ2) is 8.96. The van der Waals surface area contributed by atoms with Gasteiger partial charge in [0.1, 0.15) is 11.9 Å². The molecular weight excluding hydrogens is 439 g/mol. The van der Waals surface area contributed by atoms with E-state index >= 15 is 0 Å². The highest BCUT2D eigenvalue weighted by atomic mass is 32.1. The predicted molar refractivity (Wildman–Crippen MR) is 124 cm³/mol. The topological polar surface area (TPSA) is 68.3 Å². The quantitative estimate of drug-likeness (QED) is 0.397. The summed E-state index contributed by atoms with van der Waals surface area (Å²) in [5.74, 6) is -0.956. The van der Waals surface area contributed by atoms with Crippen LogP contribution in [0.5, 0.6) is 0 Å². The summed E-state index contributed by atoms with van der Waals surface area (Å²) in [7, 11) is 0. The molecule has 1 aromatic heterocycles. The van der Waals surface area contributed by atoms with Crippen molar-refractivity contribution in [3.8, 4) is 0 Å². The van der Waals surface area contributed by atoms with Crippen molar-refractivity contribution in [1.29, 1.82) is 0 Å². The Morgan fingerprint density at radius 1 is 1.09 bits per heavy atom. The van der Waals surface area contributed by atoms with Crippen LogP contribution in [0.15, 0.2) is 79.0 Å². The number of hydrogen-bond donors (Lipinski definition) is 1. The van der Waals surface area contributed by atoms with Gasteiger partial charge in [-0.25, -0.2) is 14.2 Å². The number of cyclic esters (lactones) is 1. The van der Waals surface area contributed by atoms with Crippen molar-refractivity contribution in [3.63, 3.8) is 0 Å². The largest absolute Gasteiger partial charge is 0.454 e. The molecule has 1 unspecified atom stereocenters. The van der Waals surface area contributed by atoms with Gasteiger partial charge in [0.05, 0.1) is 5.56 Å². The number of nitrogens with one attached hydrogen (secondary N) is 1. The fourth-order valence-electron chi connectivity index (χ4n) is 3.81.